The molecular weight excluding hydrogens is 281 g/mol. The number of rotatable bonds is 2. The molecule has 0 saturated heterocycles. The van der Waals surface area contributed by atoms with E-state index in [-0.39, 0.29) is 22.7 Å². The van der Waals surface area contributed by atoms with Gasteiger partial charge in [-0.1, -0.05) is 29.4 Å². The Balaban J connectivity index is 2.31. The monoisotopic (exact) mass is 290 g/mol. The zero-order valence-corrected chi connectivity index (χ0v) is 10.6. The lowest BCUT2D eigenvalue weighted by atomic mass is 10.00. The van der Waals surface area contributed by atoms with Gasteiger partial charge in [-0.05, 0) is 18.2 Å². The van der Waals surface area contributed by atoms with Gasteiger partial charge in [0.05, 0.1) is 11.1 Å². The fourth-order valence-corrected chi connectivity index (χ4v) is 2.12. The Labute approximate surface area is 117 Å². The molecule has 3 rings (SSSR count). The Bertz CT molecular complexity index is 794. The highest BCUT2D eigenvalue weighted by atomic mass is 19.1. The van der Waals surface area contributed by atoms with Gasteiger partial charge in [-0.15, -0.1) is 0 Å². The molecule has 0 aliphatic rings. The van der Waals surface area contributed by atoms with Gasteiger partial charge in [0.1, 0.15) is 23.1 Å². The van der Waals surface area contributed by atoms with E-state index in [9.17, 15) is 13.2 Å². The second-order valence-corrected chi connectivity index (χ2v) is 4.35. The molecule has 106 valence electrons. The molecule has 2 aromatic carbocycles. The van der Waals surface area contributed by atoms with Gasteiger partial charge >= 0.3 is 0 Å². The van der Waals surface area contributed by atoms with Crippen LogP contribution in [0.3, 0.4) is 0 Å². The molecule has 3 aromatic rings. The van der Waals surface area contributed by atoms with Gasteiger partial charge in [0.25, 0.3) is 0 Å². The maximum Gasteiger partial charge on any atom is 0.230 e. The molecule has 21 heavy (non-hydrogen) atoms. The van der Waals surface area contributed by atoms with Gasteiger partial charge in [0.15, 0.2) is 0 Å². The third-order valence-corrected chi connectivity index (χ3v) is 3.06. The molecule has 2 N–H and O–H groups in total. The molecule has 0 amide bonds. The van der Waals surface area contributed by atoms with E-state index in [0.29, 0.717) is 0 Å². The first kappa shape index (κ1) is 13.2. The molecule has 0 aliphatic carbocycles. The standard InChI is InChI=1S/C15H9F3N2O/c16-9-5-2-1-4-8(9)12-14(20-21-15(12)19)13-10(17)6-3-7-11(13)18/h1-7H,19H2. The summed E-state index contributed by atoms with van der Waals surface area (Å²) < 4.78 is 46.5. The predicted octanol–water partition coefficient (Wildman–Crippen LogP) is 4.01. The average molecular weight is 290 g/mol. The lowest BCUT2D eigenvalue weighted by Crippen LogP contribution is -1.94. The smallest absolute Gasteiger partial charge is 0.230 e. The molecule has 1 aromatic heterocycles. The second-order valence-electron chi connectivity index (χ2n) is 4.35. The van der Waals surface area contributed by atoms with E-state index < -0.39 is 23.0 Å². The number of nitrogens with zero attached hydrogens (tertiary/aromatic N) is 1. The third-order valence-electron chi connectivity index (χ3n) is 3.06. The lowest BCUT2D eigenvalue weighted by molar-refractivity contribution is 0.438. The van der Waals surface area contributed by atoms with Crippen LogP contribution in [-0.4, -0.2) is 5.16 Å². The first-order chi connectivity index (χ1) is 10.1. The Morgan fingerprint density at radius 1 is 0.810 bits per heavy atom. The fraction of sp³-hybridized carbons (Fsp3) is 0. The van der Waals surface area contributed by atoms with Crippen molar-refractivity contribution in [1.29, 1.82) is 0 Å². The zero-order chi connectivity index (χ0) is 15.0. The van der Waals surface area contributed by atoms with Crippen LogP contribution in [-0.2, 0) is 0 Å². The van der Waals surface area contributed by atoms with Gasteiger partial charge < -0.3 is 10.3 Å². The number of halogens is 3. The maximum absolute atomic E-state index is 13.9. The van der Waals surface area contributed by atoms with Crippen LogP contribution in [0, 0.1) is 17.5 Å². The van der Waals surface area contributed by atoms with Gasteiger partial charge in [-0.3, -0.25) is 0 Å². The number of hydrogen-bond donors (Lipinski definition) is 1. The van der Waals surface area contributed by atoms with Crippen molar-refractivity contribution in [2.24, 2.45) is 0 Å². The van der Waals surface area contributed by atoms with E-state index in [1.165, 1.54) is 24.3 Å². The second kappa shape index (κ2) is 4.97. The van der Waals surface area contributed by atoms with Crippen molar-refractivity contribution in [3.8, 4) is 22.4 Å². The molecule has 0 aliphatic heterocycles. The lowest BCUT2D eigenvalue weighted by Gasteiger charge is -2.06. The van der Waals surface area contributed by atoms with Crippen LogP contribution in [0.15, 0.2) is 47.0 Å². The summed E-state index contributed by atoms with van der Waals surface area (Å²) in [4.78, 5) is 0. The normalized spacial score (nSPS) is 10.8. The molecule has 0 fully saturated rings. The molecule has 0 radical (unpaired) electrons. The topological polar surface area (TPSA) is 52.0 Å². The van der Waals surface area contributed by atoms with Crippen LogP contribution in [0.4, 0.5) is 19.1 Å². The van der Waals surface area contributed by atoms with Crippen molar-refractivity contribution >= 4 is 5.88 Å². The largest absolute Gasteiger partial charge is 0.367 e. The summed E-state index contributed by atoms with van der Waals surface area (Å²) in [5.41, 5.74) is 5.15. The Kier molecular flexibility index (Phi) is 3.13. The molecule has 1 heterocycles. The Hall–Kier alpha value is -2.76. The van der Waals surface area contributed by atoms with Gasteiger partial charge in [0.2, 0.25) is 5.88 Å². The molecule has 0 bridgehead atoms. The van der Waals surface area contributed by atoms with E-state index >= 15 is 0 Å². The molecule has 3 nitrogen and oxygen atoms in total. The highest BCUT2D eigenvalue weighted by Gasteiger charge is 2.24. The van der Waals surface area contributed by atoms with Crippen LogP contribution in [0.5, 0.6) is 0 Å². The van der Waals surface area contributed by atoms with E-state index in [2.05, 4.69) is 5.16 Å². The number of benzene rings is 2. The predicted molar refractivity (Wildman–Crippen MR) is 71.7 cm³/mol. The molecule has 0 atom stereocenters. The summed E-state index contributed by atoms with van der Waals surface area (Å²) in [6.45, 7) is 0. The Morgan fingerprint density at radius 2 is 1.43 bits per heavy atom. The summed E-state index contributed by atoms with van der Waals surface area (Å²) in [6, 6.07) is 9.09. The van der Waals surface area contributed by atoms with Crippen LogP contribution in [0.25, 0.3) is 22.4 Å². The van der Waals surface area contributed by atoms with Crippen molar-refractivity contribution in [3.63, 3.8) is 0 Å². The molecule has 0 unspecified atom stereocenters. The number of anilines is 1. The van der Waals surface area contributed by atoms with Crippen LogP contribution >= 0.6 is 0 Å². The van der Waals surface area contributed by atoms with Gasteiger partial charge in [0, 0.05) is 5.56 Å². The summed E-state index contributed by atoms with van der Waals surface area (Å²) in [5.74, 6) is -2.47. The van der Waals surface area contributed by atoms with E-state index in [1.54, 1.807) is 6.07 Å². The first-order valence-corrected chi connectivity index (χ1v) is 6.04. The highest BCUT2D eigenvalue weighted by Crippen LogP contribution is 2.39. The summed E-state index contributed by atoms with van der Waals surface area (Å²) >= 11 is 0. The maximum atomic E-state index is 13.9. The first-order valence-electron chi connectivity index (χ1n) is 6.04. The van der Waals surface area contributed by atoms with Gasteiger partial charge in [-0.25, -0.2) is 13.2 Å². The summed E-state index contributed by atoms with van der Waals surface area (Å²) in [5, 5.41) is 3.58. The zero-order valence-electron chi connectivity index (χ0n) is 10.6. The molecule has 0 saturated carbocycles. The average Bonchev–Trinajstić information content (AvgIpc) is 2.81. The van der Waals surface area contributed by atoms with Crippen LogP contribution in [0.2, 0.25) is 0 Å². The van der Waals surface area contributed by atoms with E-state index in [1.807, 2.05) is 0 Å². The Morgan fingerprint density at radius 3 is 2.10 bits per heavy atom. The van der Waals surface area contributed by atoms with E-state index in [0.717, 1.165) is 12.1 Å². The van der Waals surface area contributed by atoms with Crippen molar-refractivity contribution in [2.75, 3.05) is 5.73 Å². The molecule has 0 spiro atoms. The number of aromatic nitrogens is 1. The van der Waals surface area contributed by atoms with Crippen LogP contribution in [0.1, 0.15) is 0 Å². The summed E-state index contributed by atoms with van der Waals surface area (Å²) in [7, 11) is 0. The van der Waals surface area contributed by atoms with E-state index in [4.69, 9.17) is 10.3 Å². The SMILES string of the molecule is Nc1onc(-c2c(F)cccc2F)c1-c1ccccc1F. The van der Waals surface area contributed by atoms with Crippen molar-refractivity contribution in [3.05, 3.63) is 59.9 Å². The fourth-order valence-electron chi connectivity index (χ4n) is 2.12. The molecular formula is C15H9F3N2O. The quantitative estimate of drug-likeness (QED) is 0.776. The number of nitrogens with two attached hydrogens (primary N) is 1. The number of hydrogen-bond acceptors (Lipinski definition) is 3. The minimum absolute atomic E-state index is 0.0251. The van der Waals surface area contributed by atoms with Gasteiger partial charge in [-0.2, -0.15) is 0 Å². The number of nitrogen functional groups attached to an aromatic ring is 1. The van der Waals surface area contributed by atoms with Crippen molar-refractivity contribution in [2.45, 2.75) is 0 Å². The third kappa shape index (κ3) is 2.14. The minimum atomic E-state index is -0.833. The summed E-state index contributed by atoms with van der Waals surface area (Å²) in [6.07, 6.45) is 0. The minimum Gasteiger partial charge on any atom is -0.367 e. The highest BCUT2D eigenvalue weighted by molar-refractivity contribution is 5.87. The van der Waals surface area contributed by atoms with Crippen molar-refractivity contribution < 1.29 is 17.7 Å². The van der Waals surface area contributed by atoms with Crippen LogP contribution < -0.4 is 5.73 Å². The van der Waals surface area contributed by atoms with Crippen molar-refractivity contribution in [1.82, 2.24) is 5.16 Å². The molecule has 6 heteroatoms.